The van der Waals surface area contributed by atoms with Crippen molar-refractivity contribution in [2.75, 3.05) is 84.9 Å². The SMILES string of the molecule is Cc1ccc(N2C=CN(c3cc4c(cn3)c3cnc(N5C=CN(c6ccc(C)cc6)C5)cc3n4-c3cc(N4C=CN(c5ccc(C)cc5)C4)c(N(C)C)c(N4C=CN(c5ccc(C)cc5)C4)c3)C2)cc1. The second kappa shape index (κ2) is 17.2. The average molecular weight is 921 g/mol. The molecule has 12 nitrogen and oxygen atoms in total. The zero-order chi connectivity index (χ0) is 47.6. The first-order valence-corrected chi connectivity index (χ1v) is 23.9. The molecule has 7 heterocycles. The summed E-state index contributed by atoms with van der Waals surface area (Å²) >= 11 is 0. The minimum absolute atomic E-state index is 0.648. The van der Waals surface area contributed by atoms with Gasteiger partial charge in [0, 0.05) is 122 Å². The molecule has 0 unspecified atom stereocenters. The lowest BCUT2D eigenvalue weighted by Gasteiger charge is -2.32. The molecule has 70 heavy (non-hydrogen) atoms. The minimum atomic E-state index is 0.648. The van der Waals surface area contributed by atoms with E-state index < -0.39 is 0 Å². The van der Waals surface area contributed by atoms with E-state index in [1.165, 1.54) is 22.3 Å². The van der Waals surface area contributed by atoms with Crippen LogP contribution in [0.4, 0.5) is 51.4 Å². The third-order valence-electron chi connectivity index (χ3n) is 13.9. The summed E-state index contributed by atoms with van der Waals surface area (Å²) in [6, 6.07) is 44.1. The maximum Gasteiger partial charge on any atom is 0.136 e. The van der Waals surface area contributed by atoms with Crippen LogP contribution in [-0.4, -0.2) is 55.3 Å². The molecular weight excluding hydrogens is 865 g/mol. The summed E-state index contributed by atoms with van der Waals surface area (Å²) < 4.78 is 2.43. The van der Waals surface area contributed by atoms with E-state index in [2.05, 4.69) is 261 Å². The number of aryl methyl sites for hydroxylation is 4. The Bertz CT molecular complexity index is 3170. The van der Waals surface area contributed by atoms with E-state index in [1.807, 2.05) is 12.4 Å². The van der Waals surface area contributed by atoms with Gasteiger partial charge in [0.05, 0.1) is 47.1 Å². The fourth-order valence-corrected chi connectivity index (χ4v) is 9.89. The standard InChI is InChI=1S/C58H56N12/c1-41-7-15-45(16-8-41)62-23-27-66(37-62)54-31-49(32-55(58(54)61(5)6)67-28-24-63(38-67)46-17-9-42(2)10-18-46)70-52-33-56(68-29-25-64(39-68)47-19-11-43(3)12-20-47)59-35-50(52)51-36-60-57(34-53(51)70)69-30-26-65(40-69)48-21-13-44(4)14-22-48/h7-36H,37-40H2,1-6H3. The molecule has 4 aliphatic rings. The summed E-state index contributed by atoms with van der Waals surface area (Å²) in [4.78, 5) is 30.9. The smallest absolute Gasteiger partial charge is 0.136 e. The highest BCUT2D eigenvalue weighted by molar-refractivity contribution is 6.10. The number of aromatic nitrogens is 3. The van der Waals surface area contributed by atoms with E-state index in [1.54, 1.807) is 0 Å². The number of hydrogen-bond acceptors (Lipinski definition) is 11. The Balaban J connectivity index is 1.01. The number of fused-ring (bicyclic) bond motifs is 3. The first-order chi connectivity index (χ1) is 34.1. The molecule has 348 valence electrons. The number of rotatable bonds is 10. The normalized spacial score (nSPS) is 15.5. The Morgan fingerprint density at radius 2 is 0.657 bits per heavy atom. The van der Waals surface area contributed by atoms with Crippen molar-refractivity contribution < 1.29 is 0 Å². The van der Waals surface area contributed by atoms with Gasteiger partial charge in [0.25, 0.3) is 0 Å². The first kappa shape index (κ1) is 42.7. The van der Waals surface area contributed by atoms with Crippen molar-refractivity contribution in [3.63, 3.8) is 0 Å². The summed E-state index contributed by atoms with van der Waals surface area (Å²) in [5, 5.41) is 2.07. The molecule has 5 aromatic carbocycles. The van der Waals surface area contributed by atoms with E-state index in [-0.39, 0.29) is 0 Å². The van der Waals surface area contributed by atoms with Crippen molar-refractivity contribution in [3.05, 3.63) is 206 Å². The highest BCUT2D eigenvalue weighted by atomic mass is 15.4. The topological polar surface area (TPSA) is 59.9 Å². The zero-order valence-corrected chi connectivity index (χ0v) is 40.5. The van der Waals surface area contributed by atoms with Gasteiger partial charge in [-0.05, 0) is 88.4 Å². The number of anilines is 9. The van der Waals surface area contributed by atoms with Crippen molar-refractivity contribution >= 4 is 73.3 Å². The monoisotopic (exact) mass is 920 g/mol. The van der Waals surface area contributed by atoms with E-state index in [0.29, 0.717) is 26.7 Å². The molecule has 0 amide bonds. The van der Waals surface area contributed by atoms with Crippen LogP contribution in [0.15, 0.2) is 183 Å². The average Bonchev–Trinajstić information content (AvgIpc) is 4.25. The maximum absolute atomic E-state index is 5.15. The van der Waals surface area contributed by atoms with Gasteiger partial charge in [-0.25, -0.2) is 9.97 Å². The van der Waals surface area contributed by atoms with Gasteiger partial charge in [0.2, 0.25) is 0 Å². The fourth-order valence-electron chi connectivity index (χ4n) is 9.89. The molecule has 0 saturated heterocycles. The summed E-state index contributed by atoms with van der Waals surface area (Å²) in [6.45, 7) is 11.1. The lowest BCUT2D eigenvalue weighted by atomic mass is 10.1. The number of nitrogens with zero attached hydrogens (tertiary/aromatic N) is 12. The van der Waals surface area contributed by atoms with Crippen molar-refractivity contribution in [3.8, 4) is 5.69 Å². The van der Waals surface area contributed by atoms with Crippen molar-refractivity contribution in [2.45, 2.75) is 27.7 Å². The largest absolute Gasteiger partial charge is 0.374 e. The molecule has 0 saturated carbocycles. The van der Waals surface area contributed by atoms with Gasteiger partial charge in [-0.15, -0.1) is 0 Å². The van der Waals surface area contributed by atoms with Crippen molar-refractivity contribution in [1.29, 1.82) is 0 Å². The highest BCUT2D eigenvalue weighted by Gasteiger charge is 2.29. The molecule has 12 heteroatoms. The van der Waals surface area contributed by atoms with Crippen LogP contribution in [0.2, 0.25) is 0 Å². The Morgan fingerprint density at radius 3 is 0.986 bits per heavy atom. The van der Waals surface area contributed by atoms with Crippen LogP contribution in [-0.2, 0) is 0 Å². The van der Waals surface area contributed by atoms with Crippen LogP contribution in [0.1, 0.15) is 22.3 Å². The summed E-state index contributed by atoms with van der Waals surface area (Å²) in [7, 11) is 4.31. The molecular formula is C58H56N12. The zero-order valence-electron chi connectivity index (χ0n) is 40.5. The van der Waals surface area contributed by atoms with Crippen LogP contribution < -0.4 is 44.1 Å². The molecule has 0 N–H and O–H groups in total. The van der Waals surface area contributed by atoms with Gasteiger partial charge >= 0.3 is 0 Å². The lowest BCUT2D eigenvalue weighted by molar-refractivity contribution is 0.946. The molecule has 4 aliphatic heterocycles. The molecule has 0 bridgehead atoms. The van der Waals surface area contributed by atoms with Crippen LogP contribution in [0, 0.1) is 27.7 Å². The molecule has 3 aromatic heterocycles. The van der Waals surface area contributed by atoms with E-state index in [9.17, 15) is 0 Å². The third kappa shape index (κ3) is 7.76. The van der Waals surface area contributed by atoms with Gasteiger partial charge in [0.1, 0.15) is 25.0 Å². The van der Waals surface area contributed by atoms with Gasteiger partial charge < -0.3 is 48.7 Å². The Labute approximate surface area is 410 Å². The van der Waals surface area contributed by atoms with Crippen molar-refractivity contribution in [2.24, 2.45) is 0 Å². The van der Waals surface area contributed by atoms with E-state index in [4.69, 9.17) is 9.97 Å². The number of benzene rings is 5. The van der Waals surface area contributed by atoms with Crippen LogP contribution in [0.5, 0.6) is 0 Å². The summed E-state index contributed by atoms with van der Waals surface area (Å²) in [6.07, 6.45) is 21.4. The summed E-state index contributed by atoms with van der Waals surface area (Å²) in [5.41, 5.74) is 16.0. The van der Waals surface area contributed by atoms with Crippen LogP contribution in [0.3, 0.4) is 0 Å². The van der Waals surface area contributed by atoms with Crippen molar-refractivity contribution in [1.82, 2.24) is 14.5 Å². The Morgan fingerprint density at radius 1 is 0.357 bits per heavy atom. The molecule has 8 aromatic rings. The molecule has 0 spiro atoms. The van der Waals surface area contributed by atoms with Gasteiger partial charge in [-0.1, -0.05) is 70.8 Å². The predicted octanol–water partition coefficient (Wildman–Crippen LogP) is 11.9. The van der Waals surface area contributed by atoms with Crippen LogP contribution >= 0.6 is 0 Å². The minimum Gasteiger partial charge on any atom is -0.374 e. The molecule has 0 fully saturated rings. The third-order valence-corrected chi connectivity index (χ3v) is 13.9. The molecule has 0 atom stereocenters. The second-order valence-corrected chi connectivity index (χ2v) is 19.0. The molecule has 12 rings (SSSR count). The van der Waals surface area contributed by atoms with Crippen LogP contribution in [0.25, 0.3) is 27.5 Å². The predicted molar refractivity (Wildman–Crippen MR) is 291 cm³/mol. The lowest BCUT2D eigenvalue weighted by Crippen LogP contribution is -2.29. The Kier molecular flexibility index (Phi) is 10.5. The fraction of sp³-hybridized carbons (Fsp3) is 0.172. The molecule has 0 aliphatic carbocycles. The summed E-state index contributed by atoms with van der Waals surface area (Å²) in [5.74, 6) is 1.73. The van der Waals surface area contributed by atoms with E-state index in [0.717, 1.165) is 78.9 Å². The van der Waals surface area contributed by atoms with Gasteiger partial charge in [0.15, 0.2) is 0 Å². The van der Waals surface area contributed by atoms with Gasteiger partial charge in [-0.2, -0.15) is 0 Å². The quantitative estimate of drug-likeness (QED) is 0.132. The van der Waals surface area contributed by atoms with E-state index >= 15 is 0 Å². The number of hydrogen-bond donors (Lipinski definition) is 0. The van der Waals surface area contributed by atoms with Gasteiger partial charge in [-0.3, -0.25) is 0 Å². The second-order valence-electron chi connectivity index (χ2n) is 19.0. The highest BCUT2D eigenvalue weighted by Crippen LogP contribution is 2.45. The first-order valence-electron chi connectivity index (χ1n) is 23.9. The Hall–Kier alpha value is -8.64. The number of pyridine rings is 2. The maximum atomic E-state index is 5.15. The molecule has 0 radical (unpaired) electrons.